The summed E-state index contributed by atoms with van der Waals surface area (Å²) in [6.07, 6.45) is 7.12. The molecule has 1 fully saturated rings. The highest BCUT2D eigenvalue weighted by atomic mass is 15.2. The van der Waals surface area contributed by atoms with Crippen LogP contribution in [0.4, 0.5) is 0 Å². The van der Waals surface area contributed by atoms with E-state index in [-0.39, 0.29) is 0 Å². The Morgan fingerprint density at radius 3 is 2.11 bits per heavy atom. The maximum atomic E-state index is 3.70. The molecule has 0 aromatic heterocycles. The fraction of sp³-hybridized carbons (Fsp3) is 1.00. The van der Waals surface area contributed by atoms with Crippen molar-refractivity contribution in [3.63, 3.8) is 0 Å². The standard InChI is InChI=1S/C16H34N2/c1-6-18(15(4)5)13-16(12-17-14(2)3)10-8-7-9-11-16/h14-15,17H,6-13H2,1-5H3. The van der Waals surface area contributed by atoms with Crippen molar-refractivity contribution in [1.82, 2.24) is 10.2 Å². The van der Waals surface area contributed by atoms with E-state index >= 15 is 0 Å². The van der Waals surface area contributed by atoms with Crippen LogP contribution in [0.15, 0.2) is 0 Å². The summed E-state index contributed by atoms with van der Waals surface area (Å²) < 4.78 is 0. The molecule has 2 nitrogen and oxygen atoms in total. The van der Waals surface area contributed by atoms with Gasteiger partial charge >= 0.3 is 0 Å². The molecule has 1 rings (SSSR count). The maximum Gasteiger partial charge on any atom is 0.00527 e. The Hall–Kier alpha value is -0.0800. The second kappa shape index (κ2) is 7.49. The van der Waals surface area contributed by atoms with Gasteiger partial charge in [-0.25, -0.2) is 0 Å². The molecule has 1 aliphatic carbocycles. The van der Waals surface area contributed by atoms with Crippen LogP contribution in [-0.2, 0) is 0 Å². The van der Waals surface area contributed by atoms with Gasteiger partial charge in [0.1, 0.15) is 0 Å². The molecule has 0 atom stereocenters. The Kier molecular flexibility index (Phi) is 6.65. The first-order valence-corrected chi connectivity index (χ1v) is 7.96. The van der Waals surface area contributed by atoms with E-state index in [1.54, 1.807) is 0 Å². The van der Waals surface area contributed by atoms with Gasteiger partial charge in [-0.15, -0.1) is 0 Å². The van der Waals surface area contributed by atoms with Gasteiger partial charge in [0.05, 0.1) is 0 Å². The molecule has 0 spiro atoms. The highest BCUT2D eigenvalue weighted by Gasteiger charge is 2.34. The molecule has 0 heterocycles. The third-order valence-electron chi connectivity index (χ3n) is 4.47. The van der Waals surface area contributed by atoms with E-state index in [2.05, 4.69) is 44.8 Å². The summed E-state index contributed by atoms with van der Waals surface area (Å²) in [4.78, 5) is 2.65. The van der Waals surface area contributed by atoms with E-state index in [9.17, 15) is 0 Å². The second-order valence-electron chi connectivity index (χ2n) is 6.75. The predicted octanol–water partition coefficient (Wildman–Crippen LogP) is 3.67. The molecule has 1 aliphatic rings. The molecule has 108 valence electrons. The smallest absolute Gasteiger partial charge is 0.00527 e. The highest BCUT2D eigenvalue weighted by Crippen LogP contribution is 2.37. The van der Waals surface area contributed by atoms with Crippen LogP contribution in [0.5, 0.6) is 0 Å². The van der Waals surface area contributed by atoms with E-state index in [0.29, 0.717) is 17.5 Å². The Morgan fingerprint density at radius 2 is 1.67 bits per heavy atom. The van der Waals surface area contributed by atoms with Gasteiger partial charge in [-0.05, 0) is 38.6 Å². The number of nitrogens with one attached hydrogen (secondary N) is 1. The van der Waals surface area contributed by atoms with E-state index in [0.717, 1.165) is 0 Å². The summed E-state index contributed by atoms with van der Waals surface area (Å²) in [5.74, 6) is 0. The second-order valence-corrected chi connectivity index (χ2v) is 6.75. The lowest BCUT2D eigenvalue weighted by atomic mass is 9.73. The summed E-state index contributed by atoms with van der Waals surface area (Å²) in [5, 5.41) is 3.70. The molecule has 0 radical (unpaired) electrons. The van der Waals surface area contributed by atoms with Crippen LogP contribution >= 0.6 is 0 Å². The maximum absolute atomic E-state index is 3.70. The molecule has 0 amide bonds. The lowest BCUT2D eigenvalue weighted by molar-refractivity contribution is 0.0854. The van der Waals surface area contributed by atoms with Crippen molar-refractivity contribution in [3.05, 3.63) is 0 Å². The lowest BCUT2D eigenvalue weighted by Gasteiger charge is -2.43. The molecule has 0 unspecified atom stereocenters. The van der Waals surface area contributed by atoms with Gasteiger partial charge in [0, 0.05) is 25.2 Å². The molecule has 0 aromatic carbocycles. The Balaban J connectivity index is 2.63. The fourth-order valence-electron chi connectivity index (χ4n) is 3.20. The van der Waals surface area contributed by atoms with E-state index in [1.807, 2.05) is 0 Å². The quantitative estimate of drug-likeness (QED) is 0.746. The summed E-state index contributed by atoms with van der Waals surface area (Å²) in [6.45, 7) is 15.1. The average Bonchev–Trinajstić information content (AvgIpc) is 2.34. The van der Waals surface area contributed by atoms with Crippen molar-refractivity contribution in [3.8, 4) is 0 Å². The third-order valence-corrected chi connectivity index (χ3v) is 4.47. The number of hydrogen-bond acceptors (Lipinski definition) is 2. The normalized spacial score (nSPS) is 20.0. The number of rotatable bonds is 7. The Labute approximate surface area is 115 Å². The van der Waals surface area contributed by atoms with Crippen LogP contribution in [0.2, 0.25) is 0 Å². The molecule has 0 bridgehead atoms. The van der Waals surface area contributed by atoms with Crippen molar-refractivity contribution in [2.45, 2.75) is 78.8 Å². The van der Waals surface area contributed by atoms with Crippen LogP contribution in [0, 0.1) is 5.41 Å². The molecule has 18 heavy (non-hydrogen) atoms. The van der Waals surface area contributed by atoms with Gasteiger partial charge in [-0.1, -0.05) is 40.0 Å². The minimum absolute atomic E-state index is 0.531. The first-order valence-electron chi connectivity index (χ1n) is 7.96. The summed E-state index contributed by atoms with van der Waals surface area (Å²) >= 11 is 0. The molecule has 0 aliphatic heterocycles. The van der Waals surface area contributed by atoms with Gasteiger partial charge in [0.15, 0.2) is 0 Å². The predicted molar refractivity (Wildman–Crippen MR) is 81.0 cm³/mol. The van der Waals surface area contributed by atoms with Crippen LogP contribution in [0.25, 0.3) is 0 Å². The number of nitrogens with zero attached hydrogens (tertiary/aromatic N) is 1. The zero-order valence-electron chi connectivity index (χ0n) is 13.3. The van der Waals surface area contributed by atoms with Crippen molar-refractivity contribution in [2.24, 2.45) is 5.41 Å². The van der Waals surface area contributed by atoms with Gasteiger partial charge in [-0.3, -0.25) is 0 Å². The third kappa shape index (κ3) is 4.89. The van der Waals surface area contributed by atoms with Crippen molar-refractivity contribution in [2.75, 3.05) is 19.6 Å². The van der Waals surface area contributed by atoms with E-state index in [1.165, 1.54) is 51.7 Å². The zero-order valence-corrected chi connectivity index (χ0v) is 13.3. The van der Waals surface area contributed by atoms with Gasteiger partial charge in [-0.2, -0.15) is 0 Å². The monoisotopic (exact) mass is 254 g/mol. The van der Waals surface area contributed by atoms with Crippen LogP contribution in [0.1, 0.15) is 66.7 Å². The molecular formula is C16H34N2. The van der Waals surface area contributed by atoms with Gasteiger partial charge in [0.2, 0.25) is 0 Å². The first-order chi connectivity index (χ1) is 8.49. The zero-order chi connectivity index (χ0) is 13.6. The van der Waals surface area contributed by atoms with Crippen molar-refractivity contribution >= 4 is 0 Å². The molecule has 1 saturated carbocycles. The summed E-state index contributed by atoms with van der Waals surface area (Å²) in [7, 11) is 0. The van der Waals surface area contributed by atoms with Crippen LogP contribution in [0.3, 0.4) is 0 Å². The van der Waals surface area contributed by atoms with E-state index in [4.69, 9.17) is 0 Å². The minimum atomic E-state index is 0.531. The van der Waals surface area contributed by atoms with Crippen molar-refractivity contribution < 1.29 is 0 Å². The average molecular weight is 254 g/mol. The SMILES string of the molecule is CCN(CC1(CNC(C)C)CCCCC1)C(C)C. The Bertz CT molecular complexity index is 217. The molecule has 0 saturated heterocycles. The highest BCUT2D eigenvalue weighted by molar-refractivity contribution is 4.88. The lowest BCUT2D eigenvalue weighted by Crippen LogP contribution is -2.48. The largest absolute Gasteiger partial charge is 0.314 e. The molecule has 0 aromatic rings. The Morgan fingerprint density at radius 1 is 1.06 bits per heavy atom. The van der Waals surface area contributed by atoms with Gasteiger partial charge in [0.25, 0.3) is 0 Å². The van der Waals surface area contributed by atoms with Crippen LogP contribution < -0.4 is 5.32 Å². The molecule has 2 heteroatoms. The van der Waals surface area contributed by atoms with Crippen LogP contribution in [-0.4, -0.2) is 36.6 Å². The fourth-order valence-corrected chi connectivity index (χ4v) is 3.20. The topological polar surface area (TPSA) is 15.3 Å². The summed E-state index contributed by atoms with van der Waals surface area (Å²) in [6, 6.07) is 1.28. The summed E-state index contributed by atoms with van der Waals surface area (Å²) in [5.41, 5.74) is 0.531. The first kappa shape index (κ1) is 16.0. The van der Waals surface area contributed by atoms with E-state index < -0.39 is 0 Å². The van der Waals surface area contributed by atoms with Crippen molar-refractivity contribution in [1.29, 1.82) is 0 Å². The number of hydrogen-bond donors (Lipinski definition) is 1. The minimum Gasteiger partial charge on any atom is -0.314 e. The van der Waals surface area contributed by atoms with Gasteiger partial charge < -0.3 is 10.2 Å². The molecular weight excluding hydrogens is 220 g/mol. The molecule has 1 N–H and O–H groups in total.